The Kier molecular flexibility index (Phi) is 7.25. The van der Waals surface area contributed by atoms with Crippen molar-refractivity contribution < 1.29 is 18.7 Å². The molecule has 1 aromatic heterocycles. The first-order valence-corrected chi connectivity index (χ1v) is 10.7. The van der Waals surface area contributed by atoms with E-state index in [2.05, 4.69) is 15.6 Å². The summed E-state index contributed by atoms with van der Waals surface area (Å²) >= 11 is 0. The molecule has 2 aromatic rings. The minimum atomic E-state index is -0.504. The van der Waals surface area contributed by atoms with E-state index in [4.69, 9.17) is 4.74 Å². The topological polar surface area (TPSA) is 80.3 Å². The monoisotopic (exact) mass is 427 g/mol. The van der Waals surface area contributed by atoms with Crippen molar-refractivity contribution in [3.05, 3.63) is 54.0 Å². The average molecular weight is 428 g/mol. The number of rotatable bonds is 5. The van der Waals surface area contributed by atoms with Gasteiger partial charge in [-0.2, -0.15) is 0 Å². The summed E-state index contributed by atoms with van der Waals surface area (Å²) in [6.45, 7) is 6.12. The Morgan fingerprint density at radius 2 is 1.87 bits per heavy atom. The van der Waals surface area contributed by atoms with Crippen LogP contribution in [0.25, 0.3) is 11.3 Å². The number of hydrogen-bond acceptors (Lipinski definition) is 4. The normalized spacial score (nSPS) is 18.8. The van der Waals surface area contributed by atoms with Crippen LogP contribution < -0.4 is 10.6 Å². The average Bonchev–Trinajstić information content (AvgIpc) is 2.72. The number of aromatic nitrogens is 1. The van der Waals surface area contributed by atoms with Gasteiger partial charge in [-0.1, -0.05) is 12.1 Å². The fourth-order valence-electron chi connectivity index (χ4n) is 3.67. The lowest BCUT2D eigenvalue weighted by molar-refractivity contribution is 0.0487. The van der Waals surface area contributed by atoms with Crippen molar-refractivity contribution in [3.63, 3.8) is 0 Å². The van der Waals surface area contributed by atoms with Crippen LogP contribution in [-0.2, 0) is 4.74 Å². The number of amides is 2. The van der Waals surface area contributed by atoms with Crippen molar-refractivity contribution >= 4 is 12.0 Å². The first-order valence-electron chi connectivity index (χ1n) is 10.7. The SMILES string of the molecule is CC(C)(C)OC(=O)NC1CCC(CNC(=O)c2ccc(-c3cccc(F)c3)nc2)CC1. The van der Waals surface area contributed by atoms with Crippen LogP contribution in [-0.4, -0.2) is 35.2 Å². The Balaban J connectivity index is 1.43. The molecule has 3 rings (SSSR count). The van der Waals surface area contributed by atoms with E-state index in [0.29, 0.717) is 29.3 Å². The van der Waals surface area contributed by atoms with Gasteiger partial charge in [0.2, 0.25) is 0 Å². The summed E-state index contributed by atoms with van der Waals surface area (Å²) in [5.74, 6) is -0.121. The largest absolute Gasteiger partial charge is 0.444 e. The Bertz CT molecular complexity index is 901. The summed E-state index contributed by atoms with van der Waals surface area (Å²) in [4.78, 5) is 28.6. The van der Waals surface area contributed by atoms with Crippen molar-refractivity contribution in [2.24, 2.45) is 5.92 Å². The van der Waals surface area contributed by atoms with Crippen LogP contribution in [0.3, 0.4) is 0 Å². The summed E-state index contributed by atoms with van der Waals surface area (Å²) in [7, 11) is 0. The van der Waals surface area contributed by atoms with Crippen LogP contribution in [0.2, 0.25) is 0 Å². The maximum absolute atomic E-state index is 13.4. The number of benzene rings is 1. The van der Waals surface area contributed by atoms with E-state index >= 15 is 0 Å². The molecule has 1 aromatic carbocycles. The molecule has 166 valence electrons. The highest BCUT2D eigenvalue weighted by Crippen LogP contribution is 2.24. The van der Waals surface area contributed by atoms with Gasteiger partial charge in [0.05, 0.1) is 11.3 Å². The quantitative estimate of drug-likeness (QED) is 0.725. The van der Waals surface area contributed by atoms with E-state index in [1.54, 1.807) is 24.3 Å². The molecule has 0 bridgehead atoms. The highest BCUT2D eigenvalue weighted by Gasteiger charge is 2.25. The molecule has 0 spiro atoms. The molecule has 0 radical (unpaired) electrons. The molecule has 6 nitrogen and oxygen atoms in total. The molecule has 0 unspecified atom stereocenters. The molecule has 1 fully saturated rings. The second-order valence-electron chi connectivity index (χ2n) is 9.02. The fourth-order valence-corrected chi connectivity index (χ4v) is 3.67. The molecule has 1 aliphatic carbocycles. The molecule has 31 heavy (non-hydrogen) atoms. The van der Waals surface area contributed by atoms with Gasteiger partial charge < -0.3 is 15.4 Å². The molecule has 2 amide bonds. The van der Waals surface area contributed by atoms with Crippen molar-refractivity contribution in [1.82, 2.24) is 15.6 Å². The first-order chi connectivity index (χ1) is 14.7. The lowest BCUT2D eigenvalue weighted by Gasteiger charge is -2.30. The zero-order chi connectivity index (χ0) is 22.4. The molecule has 0 aliphatic heterocycles. The molecule has 1 heterocycles. The molecule has 0 saturated heterocycles. The zero-order valence-corrected chi connectivity index (χ0v) is 18.3. The smallest absolute Gasteiger partial charge is 0.407 e. The van der Waals surface area contributed by atoms with E-state index in [-0.39, 0.29) is 23.9 Å². The van der Waals surface area contributed by atoms with Gasteiger partial charge in [-0.15, -0.1) is 0 Å². The summed E-state index contributed by atoms with van der Waals surface area (Å²) in [6.07, 6.45) is 4.72. The van der Waals surface area contributed by atoms with E-state index in [1.807, 2.05) is 20.8 Å². The number of halogens is 1. The summed E-state index contributed by atoms with van der Waals surface area (Å²) in [5, 5.41) is 5.90. The number of nitrogens with zero attached hydrogens (tertiary/aromatic N) is 1. The molecular formula is C24H30FN3O3. The van der Waals surface area contributed by atoms with Gasteiger partial charge in [0.25, 0.3) is 5.91 Å². The highest BCUT2D eigenvalue weighted by atomic mass is 19.1. The number of ether oxygens (including phenoxy) is 1. The lowest BCUT2D eigenvalue weighted by atomic mass is 9.86. The summed E-state index contributed by atoms with van der Waals surface area (Å²) < 4.78 is 18.7. The molecule has 1 aliphatic rings. The molecular weight excluding hydrogens is 397 g/mol. The van der Waals surface area contributed by atoms with Crippen molar-refractivity contribution in [3.8, 4) is 11.3 Å². The van der Waals surface area contributed by atoms with E-state index < -0.39 is 5.60 Å². The van der Waals surface area contributed by atoms with Gasteiger partial charge in [-0.3, -0.25) is 9.78 Å². The Morgan fingerprint density at radius 3 is 2.48 bits per heavy atom. The van der Waals surface area contributed by atoms with Gasteiger partial charge in [0, 0.05) is 24.3 Å². The maximum atomic E-state index is 13.4. The Labute approximate surface area is 182 Å². The molecule has 0 atom stereocenters. The molecule has 1 saturated carbocycles. The van der Waals surface area contributed by atoms with Crippen molar-refractivity contribution in [1.29, 1.82) is 0 Å². The minimum Gasteiger partial charge on any atom is -0.444 e. The number of pyridine rings is 1. The van der Waals surface area contributed by atoms with E-state index in [0.717, 1.165) is 25.7 Å². The lowest BCUT2D eigenvalue weighted by Crippen LogP contribution is -2.42. The third-order valence-electron chi connectivity index (χ3n) is 5.26. The second kappa shape index (κ2) is 9.90. The summed E-state index contributed by atoms with van der Waals surface area (Å²) in [5.41, 5.74) is 1.26. The third-order valence-corrected chi connectivity index (χ3v) is 5.26. The van der Waals surface area contributed by atoms with Crippen LogP contribution >= 0.6 is 0 Å². The number of hydrogen-bond donors (Lipinski definition) is 2. The van der Waals surface area contributed by atoms with Crippen molar-refractivity contribution in [2.75, 3.05) is 6.54 Å². The Hall–Kier alpha value is -2.96. The van der Waals surface area contributed by atoms with Crippen LogP contribution in [0.5, 0.6) is 0 Å². The van der Waals surface area contributed by atoms with Gasteiger partial charge in [-0.05, 0) is 76.6 Å². The maximum Gasteiger partial charge on any atom is 0.407 e. The van der Waals surface area contributed by atoms with Gasteiger partial charge in [-0.25, -0.2) is 9.18 Å². The fraction of sp³-hybridized carbons (Fsp3) is 0.458. The number of carbonyl (C=O) groups is 2. The van der Waals surface area contributed by atoms with Gasteiger partial charge in [0.15, 0.2) is 0 Å². The third kappa shape index (κ3) is 7.05. The predicted octanol–water partition coefficient (Wildman–Crippen LogP) is 4.70. The van der Waals surface area contributed by atoms with Crippen LogP contribution in [0.1, 0.15) is 56.8 Å². The highest BCUT2D eigenvalue weighted by molar-refractivity contribution is 5.94. The Morgan fingerprint density at radius 1 is 1.13 bits per heavy atom. The van der Waals surface area contributed by atoms with Crippen LogP contribution in [0, 0.1) is 11.7 Å². The number of carbonyl (C=O) groups excluding carboxylic acids is 2. The van der Waals surface area contributed by atoms with E-state index in [1.165, 1.54) is 18.3 Å². The zero-order valence-electron chi connectivity index (χ0n) is 18.3. The van der Waals surface area contributed by atoms with Crippen LogP contribution in [0.15, 0.2) is 42.6 Å². The minimum absolute atomic E-state index is 0.112. The van der Waals surface area contributed by atoms with Gasteiger partial charge >= 0.3 is 6.09 Å². The molecule has 7 heteroatoms. The predicted molar refractivity (Wildman–Crippen MR) is 117 cm³/mol. The second-order valence-corrected chi connectivity index (χ2v) is 9.02. The number of alkyl carbamates (subject to hydrolysis) is 1. The standard InChI is InChI=1S/C24H30FN3O3/c1-24(2,3)31-23(30)28-20-10-7-16(8-11-20)14-27-22(29)18-9-12-21(26-15-18)17-5-4-6-19(25)13-17/h4-6,9,12-13,15-16,20H,7-8,10-11,14H2,1-3H3,(H,27,29)(H,28,30). The number of nitrogens with one attached hydrogen (secondary N) is 2. The van der Waals surface area contributed by atoms with E-state index in [9.17, 15) is 14.0 Å². The summed E-state index contributed by atoms with van der Waals surface area (Å²) in [6, 6.07) is 9.73. The molecule has 2 N–H and O–H groups in total. The van der Waals surface area contributed by atoms with Gasteiger partial charge in [0.1, 0.15) is 11.4 Å². The van der Waals surface area contributed by atoms with Crippen LogP contribution in [0.4, 0.5) is 9.18 Å². The first kappa shape index (κ1) is 22.7. The van der Waals surface area contributed by atoms with Crippen molar-refractivity contribution in [2.45, 2.75) is 58.1 Å².